The average Bonchev–Trinajstić information content (AvgIpc) is 3.54. The van der Waals surface area contributed by atoms with Crippen LogP contribution in [0.25, 0.3) is 16.7 Å². The first-order chi connectivity index (χ1) is 16.3. The summed E-state index contributed by atoms with van der Waals surface area (Å²) in [4.78, 5) is 28.2. The maximum Gasteiger partial charge on any atom is 0.355 e. The van der Waals surface area contributed by atoms with Crippen LogP contribution in [0.4, 0.5) is 17.5 Å². The summed E-state index contributed by atoms with van der Waals surface area (Å²) in [5.41, 5.74) is 10.1. The number of fused-ring (bicyclic) bond motifs is 3. The lowest BCUT2D eigenvalue weighted by atomic mass is 9.87. The lowest BCUT2D eigenvalue weighted by molar-refractivity contribution is 0.271. The summed E-state index contributed by atoms with van der Waals surface area (Å²) >= 11 is 12.6. The minimum atomic E-state index is -0.629. The Labute approximate surface area is 205 Å². The molecule has 2 aromatic carbocycles. The van der Waals surface area contributed by atoms with Crippen LogP contribution in [0.15, 0.2) is 47.4 Å². The van der Waals surface area contributed by atoms with E-state index in [1.165, 1.54) is 28.5 Å². The van der Waals surface area contributed by atoms with E-state index in [1.54, 1.807) is 24.4 Å². The lowest BCUT2D eigenvalue weighted by Crippen LogP contribution is -2.35. The molecule has 1 saturated carbocycles. The number of hydrogen-bond donors (Lipinski definition) is 2. The van der Waals surface area contributed by atoms with Crippen molar-refractivity contribution in [2.45, 2.75) is 24.8 Å². The highest BCUT2D eigenvalue weighted by Crippen LogP contribution is 2.52. The van der Waals surface area contributed by atoms with Crippen molar-refractivity contribution in [2.24, 2.45) is 0 Å². The fourth-order valence-corrected chi connectivity index (χ4v) is 5.52. The van der Waals surface area contributed by atoms with Gasteiger partial charge in [0.2, 0.25) is 5.95 Å². The van der Waals surface area contributed by atoms with Crippen molar-refractivity contribution < 1.29 is 0 Å². The Balaban J connectivity index is 1.37. The molecule has 3 N–H and O–H groups in total. The highest BCUT2D eigenvalue weighted by molar-refractivity contribution is 6.37. The Morgan fingerprint density at radius 1 is 1.12 bits per heavy atom. The topological polar surface area (TPSA) is 102 Å². The Morgan fingerprint density at radius 2 is 1.88 bits per heavy atom. The van der Waals surface area contributed by atoms with Crippen molar-refractivity contribution in [1.82, 2.24) is 24.4 Å². The van der Waals surface area contributed by atoms with Crippen molar-refractivity contribution in [2.75, 3.05) is 24.6 Å². The third-order valence-corrected chi connectivity index (χ3v) is 7.25. The molecule has 2 aliphatic rings. The minimum absolute atomic E-state index is 0.114. The molecule has 0 amide bonds. The van der Waals surface area contributed by atoms with Crippen molar-refractivity contribution in [3.8, 4) is 5.69 Å². The number of nitrogens with one attached hydrogen (secondary N) is 1. The molecule has 1 aliphatic heterocycles. The van der Waals surface area contributed by atoms with Crippen LogP contribution in [0, 0.1) is 0 Å². The summed E-state index contributed by atoms with van der Waals surface area (Å²) in [7, 11) is 2.16. The summed E-state index contributed by atoms with van der Waals surface area (Å²) < 4.78 is 1.18. The van der Waals surface area contributed by atoms with Crippen molar-refractivity contribution in [3.05, 3.63) is 74.3 Å². The van der Waals surface area contributed by atoms with E-state index >= 15 is 0 Å². The first-order valence-corrected chi connectivity index (χ1v) is 11.7. The van der Waals surface area contributed by atoms with E-state index in [0.717, 1.165) is 18.8 Å². The molecule has 8 nitrogen and oxygen atoms in total. The molecule has 0 saturated heterocycles. The fourth-order valence-electron chi connectivity index (χ4n) is 4.96. The second kappa shape index (κ2) is 7.66. The lowest BCUT2D eigenvalue weighted by Gasteiger charge is -2.32. The van der Waals surface area contributed by atoms with E-state index in [9.17, 15) is 4.79 Å². The van der Waals surface area contributed by atoms with Crippen molar-refractivity contribution >= 4 is 51.7 Å². The van der Waals surface area contributed by atoms with Crippen LogP contribution in [0.3, 0.4) is 0 Å². The van der Waals surface area contributed by atoms with Gasteiger partial charge in [-0.1, -0.05) is 35.3 Å². The molecule has 3 heterocycles. The van der Waals surface area contributed by atoms with Gasteiger partial charge in [0.05, 0.1) is 21.1 Å². The van der Waals surface area contributed by atoms with Gasteiger partial charge >= 0.3 is 5.69 Å². The van der Waals surface area contributed by atoms with Crippen LogP contribution in [0.2, 0.25) is 10.0 Å². The zero-order valence-electron chi connectivity index (χ0n) is 18.3. The molecule has 1 fully saturated rings. The third kappa shape index (κ3) is 3.41. The van der Waals surface area contributed by atoms with Crippen molar-refractivity contribution in [1.29, 1.82) is 0 Å². The summed E-state index contributed by atoms with van der Waals surface area (Å²) in [6.45, 7) is 2.03. The van der Waals surface area contributed by atoms with Gasteiger partial charge < -0.3 is 16.0 Å². The zero-order chi connectivity index (χ0) is 23.6. The van der Waals surface area contributed by atoms with Crippen LogP contribution in [-0.2, 0) is 12.0 Å². The number of aromatic nitrogens is 4. The number of hydrogen-bond acceptors (Lipinski definition) is 7. The van der Waals surface area contributed by atoms with Gasteiger partial charge in [-0.15, -0.1) is 0 Å². The highest BCUT2D eigenvalue weighted by atomic mass is 35.5. The maximum absolute atomic E-state index is 12.9. The van der Waals surface area contributed by atoms with E-state index < -0.39 is 5.69 Å². The molecule has 0 unspecified atom stereocenters. The minimum Gasteiger partial charge on any atom is -0.384 e. The molecule has 34 heavy (non-hydrogen) atoms. The predicted octanol–water partition coefficient (Wildman–Crippen LogP) is 4.29. The van der Waals surface area contributed by atoms with Gasteiger partial charge in [0.15, 0.2) is 5.65 Å². The molecule has 4 aromatic rings. The Morgan fingerprint density at radius 3 is 2.62 bits per heavy atom. The number of para-hydroxylation sites is 1. The second-order valence-electron chi connectivity index (χ2n) is 9.07. The standard InChI is InChI=1S/C24H21Cl2N7O/c1-32-11-13-9-14(5-6-16(13)24(12-32)7-8-24)29-22-28-10-15-20(27)33(23(34)31-21(15)30-22)19-17(25)3-2-4-18(19)26/h2-6,9-10H,7-8,11-12,27H2,1H3,(H,29,30,31,34). The van der Waals surface area contributed by atoms with E-state index in [1.807, 2.05) is 0 Å². The molecule has 172 valence electrons. The molecule has 1 aliphatic carbocycles. The predicted molar refractivity (Wildman–Crippen MR) is 134 cm³/mol. The number of rotatable bonds is 3. The van der Waals surface area contributed by atoms with Crippen LogP contribution in [0.5, 0.6) is 0 Å². The fraction of sp³-hybridized carbons (Fsp3) is 0.250. The Hall–Kier alpha value is -3.20. The van der Waals surface area contributed by atoms with E-state index in [2.05, 4.69) is 50.4 Å². The molecule has 2 aromatic heterocycles. The maximum atomic E-state index is 12.9. The van der Waals surface area contributed by atoms with Crippen LogP contribution in [0.1, 0.15) is 24.0 Å². The monoisotopic (exact) mass is 493 g/mol. The van der Waals surface area contributed by atoms with Gasteiger partial charge in [-0.05, 0) is 55.3 Å². The zero-order valence-corrected chi connectivity index (χ0v) is 19.9. The van der Waals surface area contributed by atoms with E-state index in [4.69, 9.17) is 28.9 Å². The number of halogens is 2. The van der Waals surface area contributed by atoms with E-state index in [0.29, 0.717) is 16.7 Å². The van der Waals surface area contributed by atoms with E-state index in [-0.39, 0.29) is 27.2 Å². The van der Waals surface area contributed by atoms with Gasteiger partial charge in [0.25, 0.3) is 0 Å². The van der Waals surface area contributed by atoms with Gasteiger partial charge in [-0.2, -0.15) is 9.97 Å². The first kappa shape index (κ1) is 21.3. The first-order valence-electron chi connectivity index (χ1n) is 10.9. The summed E-state index contributed by atoms with van der Waals surface area (Å²) in [6.07, 6.45) is 4.03. The molecule has 0 atom stereocenters. The summed E-state index contributed by atoms with van der Waals surface area (Å²) in [5.74, 6) is 0.445. The largest absolute Gasteiger partial charge is 0.384 e. The number of nitrogens with zero attached hydrogens (tertiary/aromatic N) is 5. The van der Waals surface area contributed by atoms with Gasteiger partial charge in [0.1, 0.15) is 5.82 Å². The number of benzene rings is 2. The quantitative estimate of drug-likeness (QED) is 0.438. The smallest absolute Gasteiger partial charge is 0.355 e. The summed E-state index contributed by atoms with van der Waals surface area (Å²) in [5, 5.41) is 4.23. The molecule has 10 heteroatoms. The normalized spacial score (nSPS) is 16.6. The molecule has 0 radical (unpaired) electrons. The molecular formula is C24H21Cl2N7O. The van der Waals surface area contributed by atoms with Crippen LogP contribution < -0.4 is 16.7 Å². The number of likely N-dealkylation sites (N-methyl/N-ethyl adjacent to an activating group) is 1. The Kier molecular flexibility index (Phi) is 4.81. The summed E-state index contributed by atoms with van der Waals surface area (Å²) in [6, 6.07) is 11.4. The second-order valence-corrected chi connectivity index (χ2v) is 9.88. The molecule has 6 rings (SSSR count). The number of anilines is 3. The number of nitrogens with two attached hydrogens (primary N) is 1. The average molecular weight is 494 g/mol. The molecule has 0 bridgehead atoms. The highest BCUT2D eigenvalue weighted by Gasteiger charge is 2.48. The Bertz CT molecular complexity index is 1510. The number of nitrogen functional groups attached to an aromatic ring is 1. The van der Waals surface area contributed by atoms with Gasteiger partial charge in [0, 0.05) is 30.4 Å². The SMILES string of the molecule is CN1Cc2cc(Nc3ncc4c(N)n(-c5c(Cl)cccc5Cl)c(=O)nc4n3)ccc2C2(CC2)C1. The van der Waals surface area contributed by atoms with Gasteiger partial charge in [-0.25, -0.2) is 14.3 Å². The van der Waals surface area contributed by atoms with Crippen molar-refractivity contribution in [3.63, 3.8) is 0 Å². The molecule has 1 spiro atoms. The molecular weight excluding hydrogens is 473 g/mol. The van der Waals surface area contributed by atoms with Gasteiger partial charge in [-0.3, -0.25) is 0 Å². The third-order valence-electron chi connectivity index (χ3n) is 6.64. The van der Waals surface area contributed by atoms with Crippen LogP contribution in [-0.4, -0.2) is 38.0 Å². The van der Waals surface area contributed by atoms with Crippen LogP contribution >= 0.6 is 23.2 Å².